The second-order valence-electron chi connectivity index (χ2n) is 8.34. The summed E-state index contributed by atoms with van der Waals surface area (Å²) in [5, 5.41) is 9.86. The van der Waals surface area contributed by atoms with Gasteiger partial charge in [0.1, 0.15) is 41.3 Å². The number of fused-ring (bicyclic) bond motifs is 1. The lowest BCUT2D eigenvalue weighted by Crippen LogP contribution is -2.21. The molecular weight excluding hydrogens is 471 g/mol. The molecule has 1 aliphatic rings. The van der Waals surface area contributed by atoms with Crippen LogP contribution in [-0.2, 0) is 6.61 Å². The molecule has 2 N–H and O–H groups in total. The summed E-state index contributed by atoms with van der Waals surface area (Å²) >= 11 is 0. The minimum absolute atomic E-state index is 0.0480. The fourth-order valence-electron chi connectivity index (χ4n) is 4.16. The molecule has 6 nitrogen and oxygen atoms in total. The molecule has 0 radical (unpaired) electrons. The van der Waals surface area contributed by atoms with E-state index in [1.54, 1.807) is 18.2 Å². The summed E-state index contributed by atoms with van der Waals surface area (Å²) in [6.07, 6.45) is 0. The highest BCUT2D eigenvalue weighted by Crippen LogP contribution is 2.44. The smallest absolute Gasteiger partial charge is 0.346 e. The Morgan fingerprint density at radius 1 is 0.946 bits per heavy atom. The Hall–Kier alpha value is -5.09. The molecule has 1 unspecified atom stereocenters. The third kappa shape index (κ3) is 5.00. The van der Waals surface area contributed by atoms with Crippen molar-refractivity contribution < 1.29 is 23.4 Å². The molecule has 37 heavy (non-hydrogen) atoms. The summed E-state index contributed by atoms with van der Waals surface area (Å²) in [5.74, 6) is -0.967. The third-order valence-electron chi connectivity index (χ3n) is 5.93. The van der Waals surface area contributed by atoms with Crippen molar-refractivity contribution in [3.05, 3.63) is 137 Å². The quantitative estimate of drug-likeness (QED) is 0.268. The molecule has 7 heteroatoms. The number of ether oxygens (including phenoxy) is 3. The molecule has 0 amide bonds. The average Bonchev–Trinajstić information content (AvgIpc) is 2.92. The van der Waals surface area contributed by atoms with Crippen LogP contribution in [0.2, 0.25) is 0 Å². The lowest BCUT2D eigenvalue weighted by Gasteiger charge is -2.27. The molecule has 182 valence electrons. The van der Waals surface area contributed by atoms with Crippen molar-refractivity contribution in [3.63, 3.8) is 0 Å². The van der Waals surface area contributed by atoms with Crippen molar-refractivity contribution in [1.29, 1.82) is 5.26 Å². The van der Waals surface area contributed by atoms with Gasteiger partial charge in [-0.15, -0.1) is 0 Å². The molecule has 0 aromatic heterocycles. The summed E-state index contributed by atoms with van der Waals surface area (Å²) in [4.78, 5) is 12.5. The maximum Gasteiger partial charge on any atom is 0.346 e. The van der Waals surface area contributed by atoms with Crippen molar-refractivity contribution in [1.82, 2.24) is 0 Å². The highest BCUT2D eigenvalue weighted by Gasteiger charge is 2.31. The number of nitrogens with zero attached hydrogens (tertiary/aromatic N) is 1. The van der Waals surface area contributed by atoms with Gasteiger partial charge < -0.3 is 19.9 Å². The maximum absolute atomic E-state index is 14.0. The maximum atomic E-state index is 14.0. The highest BCUT2D eigenvalue weighted by atomic mass is 19.1. The van der Waals surface area contributed by atoms with Gasteiger partial charge in [-0.2, -0.15) is 5.26 Å². The van der Waals surface area contributed by atoms with E-state index in [9.17, 15) is 14.4 Å². The molecule has 0 aliphatic carbocycles. The summed E-state index contributed by atoms with van der Waals surface area (Å²) in [7, 11) is 0. The fourth-order valence-corrected chi connectivity index (χ4v) is 4.16. The Morgan fingerprint density at radius 2 is 1.73 bits per heavy atom. The molecule has 0 saturated heterocycles. The molecule has 1 heterocycles. The van der Waals surface area contributed by atoms with E-state index in [-0.39, 0.29) is 22.8 Å². The van der Waals surface area contributed by atoms with Gasteiger partial charge >= 0.3 is 5.97 Å². The van der Waals surface area contributed by atoms with Gasteiger partial charge in [0.05, 0.1) is 11.5 Å². The number of nitrogens with two attached hydrogens (primary N) is 1. The Bertz CT molecular complexity index is 1540. The molecule has 1 aliphatic heterocycles. The summed E-state index contributed by atoms with van der Waals surface area (Å²) in [6.45, 7) is 0.397. The van der Waals surface area contributed by atoms with Gasteiger partial charge in [-0.25, -0.2) is 9.18 Å². The number of rotatable bonds is 6. The van der Waals surface area contributed by atoms with E-state index < -0.39 is 17.7 Å². The van der Waals surface area contributed by atoms with Crippen LogP contribution in [0.25, 0.3) is 0 Å². The van der Waals surface area contributed by atoms with Gasteiger partial charge in [0.15, 0.2) is 0 Å². The van der Waals surface area contributed by atoms with Crippen LogP contribution in [-0.4, -0.2) is 5.97 Å². The van der Waals surface area contributed by atoms with E-state index in [0.717, 1.165) is 11.1 Å². The lowest BCUT2D eigenvalue weighted by atomic mass is 9.83. The predicted molar refractivity (Wildman–Crippen MR) is 134 cm³/mol. The van der Waals surface area contributed by atoms with Gasteiger partial charge in [-0.05, 0) is 41.5 Å². The first-order valence-corrected chi connectivity index (χ1v) is 11.5. The number of halogens is 1. The zero-order chi connectivity index (χ0) is 25.8. The van der Waals surface area contributed by atoms with E-state index >= 15 is 0 Å². The van der Waals surface area contributed by atoms with E-state index in [0.29, 0.717) is 23.7 Å². The van der Waals surface area contributed by atoms with Gasteiger partial charge in [-0.1, -0.05) is 60.7 Å². The zero-order valence-corrected chi connectivity index (χ0v) is 19.6. The Labute approximate surface area is 212 Å². The van der Waals surface area contributed by atoms with Crippen molar-refractivity contribution >= 4 is 5.97 Å². The third-order valence-corrected chi connectivity index (χ3v) is 5.93. The summed E-state index contributed by atoms with van der Waals surface area (Å²) in [6, 6.07) is 29.7. The van der Waals surface area contributed by atoms with Crippen LogP contribution >= 0.6 is 0 Å². The molecule has 5 rings (SSSR count). The lowest BCUT2D eigenvalue weighted by molar-refractivity contribution is 0.0729. The summed E-state index contributed by atoms with van der Waals surface area (Å²) in [5.41, 5.74) is 8.66. The van der Waals surface area contributed by atoms with E-state index in [1.165, 1.54) is 24.3 Å². The monoisotopic (exact) mass is 492 g/mol. The molecule has 0 fully saturated rings. The van der Waals surface area contributed by atoms with Gasteiger partial charge in [0.25, 0.3) is 0 Å². The Balaban J connectivity index is 1.43. The van der Waals surface area contributed by atoms with E-state index in [1.807, 2.05) is 54.6 Å². The minimum Gasteiger partial charge on any atom is -0.489 e. The molecule has 0 bridgehead atoms. The van der Waals surface area contributed by atoms with Gasteiger partial charge in [0.2, 0.25) is 5.88 Å². The molecule has 0 spiro atoms. The molecule has 4 aromatic rings. The number of nitriles is 1. The molecule has 0 saturated carbocycles. The molecule has 4 aromatic carbocycles. The predicted octanol–water partition coefficient (Wildman–Crippen LogP) is 5.84. The van der Waals surface area contributed by atoms with Crippen molar-refractivity contribution in [2.45, 2.75) is 12.5 Å². The summed E-state index contributed by atoms with van der Waals surface area (Å²) < 4.78 is 31.0. The molecular formula is C30H21FN2O4. The number of esters is 1. The van der Waals surface area contributed by atoms with Gasteiger partial charge in [0, 0.05) is 11.6 Å². The first-order chi connectivity index (χ1) is 18.0. The zero-order valence-electron chi connectivity index (χ0n) is 19.6. The number of hydrogen-bond donors (Lipinski definition) is 1. The van der Waals surface area contributed by atoms with Crippen molar-refractivity contribution in [3.8, 4) is 23.3 Å². The van der Waals surface area contributed by atoms with Crippen LogP contribution in [0.3, 0.4) is 0 Å². The fraction of sp³-hybridized carbons (Fsp3) is 0.0667. The molecule has 1 atom stereocenters. The number of carbonyl (C=O) groups excluding carboxylic acids is 1. The largest absolute Gasteiger partial charge is 0.489 e. The van der Waals surface area contributed by atoms with Gasteiger partial charge in [-0.3, -0.25) is 0 Å². The van der Waals surface area contributed by atoms with Crippen LogP contribution in [0, 0.1) is 17.1 Å². The Kier molecular flexibility index (Phi) is 6.56. The number of benzene rings is 4. The number of allylic oxidation sites excluding steroid dienone is 1. The second kappa shape index (κ2) is 10.3. The number of hydrogen-bond acceptors (Lipinski definition) is 6. The van der Waals surface area contributed by atoms with Crippen molar-refractivity contribution in [2.75, 3.05) is 0 Å². The minimum atomic E-state index is -0.838. The topological polar surface area (TPSA) is 94.6 Å². The van der Waals surface area contributed by atoms with E-state index in [4.69, 9.17) is 19.9 Å². The first-order valence-electron chi connectivity index (χ1n) is 11.5. The van der Waals surface area contributed by atoms with Crippen LogP contribution in [0.15, 0.2) is 109 Å². The van der Waals surface area contributed by atoms with Crippen LogP contribution < -0.4 is 19.9 Å². The second-order valence-corrected chi connectivity index (χ2v) is 8.34. The van der Waals surface area contributed by atoms with E-state index in [2.05, 4.69) is 6.07 Å². The SMILES string of the molecule is N#CC1=C(N)Oc2cc(OC(=O)c3ccccc3F)ccc2C1c1cccc(OCc2ccccc2)c1. The van der Waals surface area contributed by atoms with Crippen LogP contribution in [0.5, 0.6) is 17.2 Å². The van der Waals surface area contributed by atoms with Crippen LogP contribution in [0.1, 0.15) is 33.0 Å². The first kappa shape index (κ1) is 23.6. The van der Waals surface area contributed by atoms with Crippen molar-refractivity contribution in [2.24, 2.45) is 5.73 Å². The standard InChI is InChI=1S/C30H21FN2O4/c31-26-12-5-4-11-23(26)30(34)36-22-13-14-24-27(16-22)37-29(33)25(17-32)28(24)20-9-6-10-21(15-20)35-18-19-7-2-1-3-8-19/h1-16,28H,18,33H2. The normalized spacial score (nSPS) is 14.2. The number of carbonyl (C=O) groups is 1. The average molecular weight is 493 g/mol. The van der Waals surface area contributed by atoms with Crippen LogP contribution in [0.4, 0.5) is 4.39 Å². The Morgan fingerprint density at radius 3 is 2.51 bits per heavy atom. The highest BCUT2D eigenvalue weighted by molar-refractivity contribution is 5.91.